The van der Waals surface area contributed by atoms with Crippen molar-refractivity contribution in [2.75, 3.05) is 7.05 Å². The molecule has 0 aromatic carbocycles. The number of rotatable bonds is 1. The molecule has 0 unspecified atom stereocenters. The Labute approximate surface area is 85.5 Å². The van der Waals surface area contributed by atoms with Crippen molar-refractivity contribution >= 4 is 12.1 Å². The number of hydrogen-bond acceptors (Lipinski definition) is 2. The molecule has 0 saturated carbocycles. The Morgan fingerprint density at radius 2 is 2.07 bits per heavy atom. The minimum atomic E-state index is 0.0526. The van der Waals surface area contributed by atoms with Gasteiger partial charge in [0.15, 0.2) is 0 Å². The molecule has 14 heavy (non-hydrogen) atoms. The van der Waals surface area contributed by atoms with Gasteiger partial charge < -0.3 is 0 Å². The fourth-order valence-electron chi connectivity index (χ4n) is 1.07. The molecular formula is C11H17N3. The molecule has 0 spiro atoms. The standard InChI is InChI=1S/C11H17N3/c1-9-6-7-10(11(2,3)4)13-14(9)8-12-5/h6-8H,1H2,2-5H3/b12-8-. The Morgan fingerprint density at radius 1 is 1.43 bits per heavy atom. The molecule has 1 aliphatic rings. The van der Waals surface area contributed by atoms with Gasteiger partial charge in [-0.1, -0.05) is 27.4 Å². The number of nitrogens with zero attached hydrogens (tertiary/aromatic N) is 3. The zero-order chi connectivity index (χ0) is 10.8. The summed E-state index contributed by atoms with van der Waals surface area (Å²) in [6, 6.07) is 0. The summed E-state index contributed by atoms with van der Waals surface area (Å²) in [4.78, 5) is 3.93. The normalized spacial score (nSPS) is 17.9. The van der Waals surface area contributed by atoms with Gasteiger partial charge in [-0.3, -0.25) is 4.99 Å². The van der Waals surface area contributed by atoms with Gasteiger partial charge in [0.2, 0.25) is 0 Å². The van der Waals surface area contributed by atoms with Crippen molar-refractivity contribution in [1.82, 2.24) is 5.01 Å². The fourth-order valence-corrected chi connectivity index (χ4v) is 1.07. The lowest BCUT2D eigenvalue weighted by molar-refractivity contribution is 0.531. The van der Waals surface area contributed by atoms with Crippen molar-refractivity contribution in [3.63, 3.8) is 0 Å². The lowest BCUT2D eigenvalue weighted by Crippen LogP contribution is -2.26. The van der Waals surface area contributed by atoms with E-state index in [9.17, 15) is 0 Å². The third-order valence-corrected chi connectivity index (χ3v) is 1.94. The van der Waals surface area contributed by atoms with Crippen LogP contribution in [0.5, 0.6) is 0 Å². The first-order valence-corrected chi connectivity index (χ1v) is 4.63. The first-order chi connectivity index (χ1) is 6.45. The van der Waals surface area contributed by atoms with Gasteiger partial charge in [0.25, 0.3) is 0 Å². The Morgan fingerprint density at radius 3 is 2.57 bits per heavy atom. The first kappa shape index (κ1) is 10.7. The zero-order valence-corrected chi connectivity index (χ0v) is 9.28. The maximum atomic E-state index is 4.44. The molecule has 0 fully saturated rings. The quantitative estimate of drug-likeness (QED) is 0.462. The Balaban J connectivity index is 2.96. The minimum Gasteiger partial charge on any atom is -0.277 e. The van der Waals surface area contributed by atoms with Crippen molar-refractivity contribution in [3.05, 3.63) is 24.4 Å². The molecule has 1 aliphatic heterocycles. The SMILES string of the molecule is C=C1C=CC(C(C)(C)C)=NN1/C=N\C. The monoisotopic (exact) mass is 191 g/mol. The van der Waals surface area contributed by atoms with E-state index in [0.29, 0.717) is 0 Å². The maximum Gasteiger partial charge on any atom is 0.111 e. The van der Waals surface area contributed by atoms with Crippen LogP contribution in [0.2, 0.25) is 0 Å². The summed E-state index contributed by atoms with van der Waals surface area (Å²) in [5.41, 5.74) is 1.92. The van der Waals surface area contributed by atoms with Crippen LogP contribution in [0.1, 0.15) is 20.8 Å². The predicted molar refractivity (Wildman–Crippen MR) is 61.4 cm³/mol. The van der Waals surface area contributed by atoms with Crippen LogP contribution < -0.4 is 0 Å². The zero-order valence-electron chi connectivity index (χ0n) is 9.28. The maximum absolute atomic E-state index is 4.44. The molecule has 0 aliphatic carbocycles. The van der Waals surface area contributed by atoms with E-state index in [4.69, 9.17) is 0 Å². The third-order valence-electron chi connectivity index (χ3n) is 1.94. The van der Waals surface area contributed by atoms with E-state index in [1.165, 1.54) is 0 Å². The summed E-state index contributed by atoms with van der Waals surface area (Å²) in [6.45, 7) is 10.3. The molecule has 3 nitrogen and oxygen atoms in total. The highest BCUT2D eigenvalue weighted by molar-refractivity contribution is 6.00. The summed E-state index contributed by atoms with van der Waals surface area (Å²) in [7, 11) is 1.72. The van der Waals surface area contributed by atoms with Gasteiger partial charge in [-0.05, 0) is 12.2 Å². The second-order valence-corrected chi connectivity index (χ2v) is 4.28. The van der Waals surface area contributed by atoms with E-state index in [0.717, 1.165) is 11.4 Å². The van der Waals surface area contributed by atoms with E-state index < -0.39 is 0 Å². The highest BCUT2D eigenvalue weighted by Gasteiger charge is 2.20. The van der Waals surface area contributed by atoms with Gasteiger partial charge >= 0.3 is 0 Å². The van der Waals surface area contributed by atoms with Crippen molar-refractivity contribution in [2.24, 2.45) is 15.5 Å². The van der Waals surface area contributed by atoms with Crippen LogP contribution >= 0.6 is 0 Å². The van der Waals surface area contributed by atoms with Crippen LogP contribution in [0.15, 0.2) is 34.5 Å². The third kappa shape index (κ3) is 2.31. The molecule has 1 heterocycles. The Hall–Kier alpha value is -1.38. The van der Waals surface area contributed by atoms with E-state index in [-0.39, 0.29) is 5.41 Å². The van der Waals surface area contributed by atoms with Crippen LogP contribution in [0, 0.1) is 5.41 Å². The van der Waals surface area contributed by atoms with E-state index >= 15 is 0 Å². The van der Waals surface area contributed by atoms with Gasteiger partial charge in [-0.2, -0.15) is 5.10 Å². The highest BCUT2D eigenvalue weighted by atomic mass is 15.5. The Kier molecular flexibility index (Phi) is 2.89. The summed E-state index contributed by atoms with van der Waals surface area (Å²) in [5.74, 6) is 0. The molecule has 0 bridgehead atoms. The van der Waals surface area contributed by atoms with Crippen LogP contribution in [-0.2, 0) is 0 Å². The summed E-state index contributed by atoms with van der Waals surface area (Å²) in [5, 5.41) is 6.13. The lowest BCUT2D eigenvalue weighted by Gasteiger charge is -2.25. The van der Waals surface area contributed by atoms with Crippen LogP contribution in [0.4, 0.5) is 0 Å². The van der Waals surface area contributed by atoms with Gasteiger partial charge in [-0.25, -0.2) is 5.01 Å². The number of allylic oxidation sites excluding steroid dienone is 2. The lowest BCUT2D eigenvalue weighted by atomic mass is 9.89. The molecule has 0 aromatic rings. The molecule has 0 aromatic heterocycles. The second-order valence-electron chi connectivity index (χ2n) is 4.28. The molecule has 0 radical (unpaired) electrons. The van der Waals surface area contributed by atoms with Crippen LogP contribution in [0.25, 0.3) is 0 Å². The van der Waals surface area contributed by atoms with E-state index in [1.54, 1.807) is 18.4 Å². The van der Waals surface area contributed by atoms with Crippen molar-refractivity contribution in [1.29, 1.82) is 0 Å². The predicted octanol–water partition coefficient (Wildman–Crippen LogP) is 2.43. The number of hydrazone groups is 1. The van der Waals surface area contributed by atoms with Gasteiger partial charge in [0.1, 0.15) is 6.34 Å². The van der Waals surface area contributed by atoms with E-state index in [2.05, 4.69) is 37.4 Å². The Bertz CT molecular complexity index is 316. The summed E-state index contributed by atoms with van der Waals surface area (Å²) < 4.78 is 0. The molecule has 3 heteroatoms. The van der Waals surface area contributed by atoms with Crippen molar-refractivity contribution in [3.8, 4) is 0 Å². The van der Waals surface area contributed by atoms with Crippen LogP contribution in [0.3, 0.4) is 0 Å². The minimum absolute atomic E-state index is 0.0526. The second kappa shape index (κ2) is 3.78. The van der Waals surface area contributed by atoms with Gasteiger partial charge in [-0.15, -0.1) is 0 Å². The molecule has 0 amide bonds. The fraction of sp³-hybridized carbons (Fsp3) is 0.455. The average molecular weight is 191 g/mol. The molecular weight excluding hydrogens is 174 g/mol. The molecule has 0 saturated heterocycles. The van der Waals surface area contributed by atoms with Gasteiger partial charge in [0.05, 0.1) is 11.4 Å². The number of hydrogen-bond donors (Lipinski definition) is 0. The van der Waals surface area contributed by atoms with E-state index in [1.807, 2.05) is 12.2 Å². The average Bonchev–Trinajstić information content (AvgIpc) is 2.07. The molecule has 76 valence electrons. The topological polar surface area (TPSA) is 28.0 Å². The first-order valence-electron chi connectivity index (χ1n) is 4.63. The largest absolute Gasteiger partial charge is 0.277 e. The summed E-state index contributed by atoms with van der Waals surface area (Å²) in [6.07, 6.45) is 5.62. The molecule has 0 atom stereocenters. The summed E-state index contributed by atoms with van der Waals surface area (Å²) >= 11 is 0. The van der Waals surface area contributed by atoms with Crippen molar-refractivity contribution < 1.29 is 0 Å². The van der Waals surface area contributed by atoms with Gasteiger partial charge in [0, 0.05) is 12.5 Å². The highest BCUT2D eigenvalue weighted by Crippen LogP contribution is 2.21. The number of aliphatic imine (C=N–C) groups is 1. The van der Waals surface area contributed by atoms with Crippen LogP contribution in [-0.4, -0.2) is 24.1 Å². The van der Waals surface area contributed by atoms with Crippen molar-refractivity contribution in [2.45, 2.75) is 20.8 Å². The smallest absolute Gasteiger partial charge is 0.111 e. The molecule has 0 N–H and O–H groups in total. The molecule has 1 rings (SSSR count).